The topological polar surface area (TPSA) is 64.3 Å². The molecule has 0 aliphatic heterocycles. The smallest absolute Gasteiger partial charge is 0.225 e. The van der Waals surface area contributed by atoms with E-state index in [0.29, 0.717) is 12.3 Å². The minimum absolute atomic E-state index is 0.0514. The minimum atomic E-state index is -0.108. The van der Waals surface area contributed by atoms with Crippen molar-refractivity contribution in [3.8, 4) is 5.75 Å². The molecule has 4 nitrogen and oxygen atoms in total. The number of methoxy groups -OCH3 is 1. The van der Waals surface area contributed by atoms with Crippen LogP contribution in [0, 0.1) is 12.8 Å². The fourth-order valence-corrected chi connectivity index (χ4v) is 1.55. The first-order valence-corrected chi connectivity index (χ1v) is 6.14. The number of anilines is 1. The molecule has 0 saturated carbocycles. The molecule has 3 N–H and O–H groups in total. The van der Waals surface area contributed by atoms with Crippen LogP contribution in [-0.4, -0.2) is 19.1 Å². The van der Waals surface area contributed by atoms with Crippen LogP contribution in [0.4, 0.5) is 5.69 Å². The van der Waals surface area contributed by atoms with Crippen molar-refractivity contribution in [3.05, 3.63) is 23.8 Å². The van der Waals surface area contributed by atoms with Crippen molar-refractivity contribution in [1.82, 2.24) is 0 Å². The standard InChI is InChI=1S/C14H22N2O2/c1-9(2)12(15)8-14(17)16-13-6-5-11(18-4)7-10(13)3/h5-7,9,12H,8,15H2,1-4H3,(H,16,17). The molecule has 0 saturated heterocycles. The van der Waals surface area contributed by atoms with Crippen LogP contribution >= 0.6 is 0 Å². The number of carbonyl (C=O) groups is 1. The Morgan fingerprint density at radius 3 is 2.61 bits per heavy atom. The first-order chi connectivity index (χ1) is 8.43. The van der Waals surface area contributed by atoms with E-state index in [1.807, 2.05) is 39.0 Å². The number of nitrogens with one attached hydrogen (secondary N) is 1. The molecule has 1 amide bonds. The van der Waals surface area contributed by atoms with Gasteiger partial charge in [0.2, 0.25) is 5.91 Å². The van der Waals surface area contributed by atoms with Gasteiger partial charge in [-0.05, 0) is 36.6 Å². The number of amides is 1. The maximum absolute atomic E-state index is 11.8. The molecule has 18 heavy (non-hydrogen) atoms. The zero-order chi connectivity index (χ0) is 13.7. The third-order valence-electron chi connectivity index (χ3n) is 2.99. The lowest BCUT2D eigenvalue weighted by Crippen LogP contribution is -2.31. The number of hydrogen-bond acceptors (Lipinski definition) is 3. The zero-order valence-corrected chi connectivity index (χ0v) is 11.5. The Morgan fingerprint density at radius 1 is 1.44 bits per heavy atom. The van der Waals surface area contributed by atoms with Gasteiger partial charge in [0.05, 0.1) is 7.11 Å². The fourth-order valence-electron chi connectivity index (χ4n) is 1.55. The second-order valence-electron chi connectivity index (χ2n) is 4.84. The largest absolute Gasteiger partial charge is 0.497 e. The summed E-state index contributed by atoms with van der Waals surface area (Å²) >= 11 is 0. The highest BCUT2D eigenvalue weighted by molar-refractivity contribution is 5.91. The maximum Gasteiger partial charge on any atom is 0.225 e. The highest BCUT2D eigenvalue weighted by Crippen LogP contribution is 2.21. The molecule has 0 heterocycles. The van der Waals surface area contributed by atoms with Gasteiger partial charge in [-0.15, -0.1) is 0 Å². The summed E-state index contributed by atoms with van der Waals surface area (Å²) in [5.41, 5.74) is 7.65. The van der Waals surface area contributed by atoms with Crippen LogP contribution < -0.4 is 15.8 Å². The van der Waals surface area contributed by atoms with Crippen molar-refractivity contribution < 1.29 is 9.53 Å². The van der Waals surface area contributed by atoms with Gasteiger partial charge in [0.1, 0.15) is 5.75 Å². The van der Waals surface area contributed by atoms with Crippen LogP contribution in [-0.2, 0) is 4.79 Å². The molecular weight excluding hydrogens is 228 g/mol. The van der Waals surface area contributed by atoms with Gasteiger partial charge < -0.3 is 15.8 Å². The summed E-state index contributed by atoms with van der Waals surface area (Å²) in [5, 5.41) is 2.87. The van der Waals surface area contributed by atoms with Crippen molar-refractivity contribution in [2.24, 2.45) is 11.7 Å². The number of ether oxygens (including phenoxy) is 1. The predicted octanol–water partition coefficient (Wildman–Crippen LogP) is 2.32. The Morgan fingerprint density at radius 2 is 2.11 bits per heavy atom. The van der Waals surface area contributed by atoms with E-state index in [1.54, 1.807) is 7.11 Å². The first-order valence-electron chi connectivity index (χ1n) is 6.14. The van der Waals surface area contributed by atoms with E-state index in [0.717, 1.165) is 17.0 Å². The monoisotopic (exact) mass is 250 g/mol. The molecule has 0 fully saturated rings. The van der Waals surface area contributed by atoms with Gasteiger partial charge in [0.25, 0.3) is 0 Å². The molecular formula is C14H22N2O2. The number of rotatable bonds is 5. The second kappa shape index (κ2) is 6.40. The number of hydrogen-bond donors (Lipinski definition) is 2. The summed E-state index contributed by atoms with van der Waals surface area (Å²) in [6, 6.07) is 5.44. The second-order valence-corrected chi connectivity index (χ2v) is 4.84. The molecule has 1 aromatic carbocycles. The van der Waals surface area contributed by atoms with Crippen molar-refractivity contribution in [3.63, 3.8) is 0 Å². The van der Waals surface area contributed by atoms with Gasteiger partial charge in [0, 0.05) is 18.2 Å². The van der Waals surface area contributed by atoms with Crippen molar-refractivity contribution in [1.29, 1.82) is 0 Å². The molecule has 0 aliphatic rings. The molecule has 0 spiro atoms. The van der Waals surface area contributed by atoms with Crippen LogP contribution in [0.2, 0.25) is 0 Å². The minimum Gasteiger partial charge on any atom is -0.497 e. The molecule has 100 valence electrons. The molecule has 1 rings (SSSR count). The highest BCUT2D eigenvalue weighted by Gasteiger charge is 2.13. The summed E-state index contributed by atoms with van der Waals surface area (Å²) in [6.07, 6.45) is 0.336. The predicted molar refractivity (Wildman–Crippen MR) is 73.8 cm³/mol. The average molecular weight is 250 g/mol. The number of carbonyl (C=O) groups excluding carboxylic acids is 1. The van der Waals surface area contributed by atoms with Crippen LogP contribution in [0.5, 0.6) is 5.75 Å². The van der Waals surface area contributed by atoms with Gasteiger partial charge in [-0.3, -0.25) is 4.79 Å². The number of nitrogens with two attached hydrogens (primary N) is 1. The van der Waals surface area contributed by atoms with E-state index in [1.165, 1.54) is 0 Å². The van der Waals surface area contributed by atoms with Gasteiger partial charge in [-0.25, -0.2) is 0 Å². The molecule has 4 heteroatoms. The maximum atomic E-state index is 11.8. The quantitative estimate of drug-likeness (QED) is 0.843. The third-order valence-corrected chi connectivity index (χ3v) is 2.99. The van der Waals surface area contributed by atoms with Crippen molar-refractivity contribution >= 4 is 11.6 Å². The number of aryl methyl sites for hydroxylation is 1. The molecule has 1 aromatic rings. The Kier molecular flexibility index (Phi) is 5.16. The van der Waals surface area contributed by atoms with Gasteiger partial charge >= 0.3 is 0 Å². The Hall–Kier alpha value is -1.55. The third kappa shape index (κ3) is 4.04. The fraction of sp³-hybridized carbons (Fsp3) is 0.500. The lowest BCUT2D eigenvalue weighted by molar-refractivity contribution is -0.116. The molecule has 1 atom stereocenters. The Balaban J connectivity index is 2.65. The van der Waals surface area contributed by atoms with E-state index in [9.17, 15) is 4.79 Å². The molecule has 0 aliphatic carbocycles. The van der Waals surface area contributed by atoms with Gasteiger partial charge in [-0.2, -0.15) is 0 Å². The summed E-state index contributed by atoms with van der Waals surface area (Å²) < 4.78 is 5.12. The van der Waals surface area contributed by atoms with Crippen LogP contribution in [0.3, 0.4) is 0 Å². The normalized spacial score (nSPS) is 12.3. The lowest BCUT2D eigenvalue weighted by Gasteiger charge is -2.16. The van der Waals surface area contributed by atoms with E-state index < -0.39 is 0 Å². The Bertz CT molecular complexity index is 416. The highest BCUT2D eigenvalue weighted by atomic mass is 16.5. The molecule has 0 radical (unpaired) electrons. The SMILES string of the molecule is COc1ccc(NC(=O)CC(N)C(C)C)c(C)c1. The van der Waals surface area contributed by atoms with Gasteiger partial charge in [-0.1, -0.05) is 13.8 Å². The van der Waals surface area contributed by atoms with E-state index in [4.69, 9.17) is 10.5 Å². The van der Waals surface area contributed by atoms with Crippen LogP contribution in [0.25, 0.3) is 0 Å². The summed E-state index contributed by atoms with van der Waals surface area (Å²) in [6.45, 7) is 5.95. The van der Waals surface area contributed by atoms with E-state index in [-0.39, 0.29) is 11.9 Å². The summed E-state index contributed by atoms with van der Waals surface area (Å²) in [4.78, 5) is 11.8. The van der Waals surface area contributed by atoms with Gasteiger partial charge in [0.15, 0.2) is 0 Å². The molecule has 0 bridgehead atoms. The molecule has 0 aromatic heterocycles. The number of benzene rings is 1. The van der Waals surface area contributed by atoms with Crippen LogP contribution in [0.1, 0.15) is 25.8 Å². The van der Waals surface area contributed by atoms with E-state index >= 15 is 0 Å². The van der Waals surface area contributed by atoms with Crippen LogP contribution in [0.15, 0.2) is 18.2 Å². The zero-order valence-electron chi connectivity index (χ0n) is 11.5. The molecule has 1 unspecified atom stereocenters. The summed E-state index contributed by atoms with van der Waals surface area (Å²) in [5.74, 6) is 1.03. The van der Waals surface area contributed by atoms with Crippen molar-refractivity contribution in [2.75, 3.05) is 12.4 Å². The lowest BCUT2D eigenvalue weighted by atomic mass is 10.0. The first kappa shape index (κ1) is 14.5. The Labute approximate surface area is 109 Å². The van der Waals surface area contributed by atoms with Crippen molar-refractivity contribution in [2.45, 2.75) is 33.2 Å². The summed E-state index contributed by atoms with van der Waals surface area (Å²) in [7, 11) is 1.62. The average Bonchev–Trinajstić information content (AvgIpc) is 2.31. The van der Waals surface area contributed by atoms with E-state index in [2.05, 4.69) is 5.32 Å².